The van der Waals surface area contributed by atoms with Crippen molar-refractivity contribution in [2.75, 3.05) is 59.5 Å². The van der Waals surface area contributed by atoms with Crippen molar-refractivity contribution in [3.63, 3.8) is 0 Å². The molecule has 0 N–H and O–H groups in total. The Bertz CT molecular complexity index is 1680. The highest BCUT2D eigenvalue weighted by Crippen LogP contribution is 2.60. The van der Waals surface area contributed by atoms with E-state index in [2.05, 4.69) is 62.3 Å². The second-order valence-electron chi connectivity index (χ2n) is 18.7. The van der Waals surface area contributed by atoms with Crippen LogP contribution in [0.1, 0.15) is 159 Å². The molecule has 0 radical (unpaired) electrons. The number of carboxylic acid groups (broad SMARTS) is 1. The number of benzene rings is 3. The third-order valence-electron chi connectivity index (χ3n) is 12.3. The maximum Gasteiger partial charge on any atom is 0.250 e. The average Bonchev–Trinajstić information content (AvgIpc) is 3.33. The van der Waals surface area contributed by atoms with Gasteiger partial charge in [-0.1, -0.05) is 62.3 Å². The molecule has 0 aliphatic heterocycles. The normalized spacial score (nSPS) is 18.9. The second kappa shape index (κ2) is 28.4. The molecule has 4 aliphatic rings. The van der Waals surface area contributed by atoms with E-state index >= 15 is 0 Å². The molecule has 4 aliphatic carbocycles. The van der Waals surface area contributed by atoms with Crippen LogP contribution in [0.3, 0.4) is 0 Å². The molecular formula is C56H84O11S. The minimum atomic E-state index is -1.06. The molecule has 3 aromatic carbocycles. The zero-order chi connectivity index (χ0) is 48.9. The van der Waals surface area contributed by atoms with Crippen molar-refractivity contribution < 1.29 is 52.5 Å². The summed E-state index contributed by atoms with van der Waals surface area (Å²) in [6.07, 6.45) is 14.2. The molecule has 0 heterocycles. The smallest absolute Gasteiger partial charge is 0.250 e. The summed E-state index contributed by atoms with van der Waals surface area (Å²) in [5, 5.41) is 11.1. The molecule has 11 nitrogen and oxygen atoms in total. The summed E-state index contributed by atoms with van der Waals surface area (Å²) in [5.74, 6) is 7.40. The molecule has 0 amide bonds. The molecule has 380 valence electrons. The van der Waals surface area contributed by atoms with Crippen molar-refractivity contribution in [1.82, 2.24) is 0 Å². The molecule has 7 rings (SSSR count). The predicted molar refractivity (Wildman–Crippen MR) is 269 cm³/mol. The van der Waals surface area contributed by atoms with Gasteiger partial charge >= 0.3 is 0 Å². The first kappa shape index (κ1) is 54.6. The third kappa shape index (κ3) is 14.6. The van der Waals surface area contributed by atoms with Crippen LogP contribution in [0, 0.1) is 23.2 Å². The first-order valence-electron chi connectivity index (χ1n) is 26.3. The highest BCUT2D eigenvalue weighted by molar-refractivity contribution is 7.97. The monoisotopic (exact) mass is 965 g/mol. The Morgan fingerprint density at radius 3 is 0.809 bits per heavy atom. The van der Waals surface area contributed by atoms with Crippen molar-refractivity contribution in [1.29, 1.82) is 0 Å². The molecule has 0 atom stereocenters. The van der Waals surface area contributed by atoms with Gasteiger partial charge in [-0.25, -0.2) is 0 Å². The van der Waals surface area contributed by atoms with E-state index in [4.69, 9.17) is 42.6 Å². The van der Waals surface area contributed by atoms with Gasteiger partial charge in [0.15, 0.2) is 34.5 Å². The van der Waals surface area contributed by atoms with E-state index in [0.717, 1.165) is 91.7 Å². The molecule has 0 saturated heterocycles. The molecule has 0 spiro atoms. The maximum absolute atomic E-state index is 11.1. The topological polar surface area (TPSA) is 123 Å². The second-order valence-corrected chi connectivity index (χ2v) is 20.5. The number of hydrogen-bond donors (Lipinski definition) is 0. The van der Waals surface area contributed by atoms with E-state index in [1.54, 1.807) is 0 Å². The minimum absolute atomic E-state index is 0.394. The SMILES string of the molecule is CCCOc1cc(OCCC)c([S+](c2c(OCCC)cc(OCCC)cc2OCCC)c2c(OCCC)cc(OCCC)cc2OCCC)c(OCCC)c1.O=C([O-])C12CC3CC(CC(C3)C1)C2. The van der Waals surface area contributed by atoms with Crippen molar-refractivity contribution in [2.24, 2.45) is 23.2 Å². The van der Waals surface area contributed by atoms with Crippen molar-refractivity contribution >= 4 is 16.9 Å². The molecule has 0 unspecified atom stereocenters. The lowest BCUT2D eigenvalue weighted by Gasteiger charge is -2.57. The highest BCUT2D eigenvalue weighted by Gasteiger charge is 2.52. The van der Waals surface area contributed by atoms with Gasteiger partial charge in [0.25, 0.3) is 14.7 Å². The Balaban J connectivity index is 0.000000559. The molecule has 3 aromatic rings. The minimum Gasteiger partial charge on any atom is -0.550 e. The van der Waals surface area contributed by atoms with E-state index in [0.29, 0.717) is 129 Å². The zero-order valence-corrected chi connectivity index (χ0v) is 43.9. The molecule has 4 saturated carbocycles. The standard InChI is InChI=1S/C45H69O9S.C11H16O2/c1-10-19-46-34-28-37(49-22-13-4)43(38(29-34)50-23-14-5)55(44-39(51-24-15-6)30-35(47-20-11-2)31-40(44)52-25-16-7)45-41(53-26-17-8)32-36(48-21-12-3)33-42(45)54-27-18-9;12-10(13)11-4-7-1-8(5-11)3-9(2-7)6-11/h28-33H,10-27H2,1-9H3;7-9H,1-6H2,(H,12,13)/q+1;/p-1. The van der Waals surface area contributed by atoms with Gasteiger partial charge in [-0.2, -0.15) is 0 Å². The number of rotatable bonds is 31. The van der Waals surface area contributed by atoms with Gasteiger partial charge in [0, 0.05) is 47.8 Å². The summed E-state index contributed by atoms with van der Waals surface area (Å²) < 4.78 is 59.1. The number of hydrogen-bond acceptors (Lipinski definition) is 11. The maximum atomic E-state index is 11.1. The Labute approximate surface area is 411 Å². The predicted octanol–water partition coefficient (Wildman–Crippen LogP) is 12.8. The Kier molecular flexibility index (Phi) is 22.8. The molecule has 4 bridgehead atoms. The van der Waals surface area contributed by atoms with Crippen LogP contribution in [0.25, 0.3) is 0 Å². The molecule has 12 heteroatoms. The van der Waals surface area contributed by atoms with Gasteiger partial charge in [-0.3, -0.25) is 0 Å². The van der Waals surface area contributed by atoms with E-state index in [-0.39, 0.29) is 0 Å². The number of carboxylic acids is 1. The first-order chi connectivity index (χ1) is 33.1. The third-order valence-corrected chi connectivity index (χ3v) is 14.7. The summed E-state index contributed by atoms with van der Waals surface area (Å²) in [6, 6.07) is 12.0. The van der Waals surface area contributed by atoms with Crippen molar-refractivity contribution in [2.45, 2.75) is 173 Å². The zero-order valence-electron chi connectivity index (χ0n) is 43.1. The Hall–Kier alpha value is -4.32. The fraction of sp³-hybridized carbons (Fsp3) is 0.661. The van der Waals surface area contributed by atoms with Crippen LogP contribution in [0.4, 0.5) is 0 Å². The summed E-state index contributed by atoms with van der Waals surface area (Å²) in [7, 11) is -1.06. The van der Waals surface area contributed by atoms with E-state index in [1.165, 1.54) is 19.3 Å². The number of aliphatic carboxylic acids is 1. The fourth-order valence-corrected chi connectivity index (χ4v) is 12.3. The molecule has 4 fully saturated rings. The van der Waals surface area contributed by atoms with Crippen LogP contribution in [0.5, 0.6) is 51.7 Å². The lowest BCUT2D eigenvalue weighted by atomic mass is 9.49. The quantitative estimate of drug-likeness (QED) is 0.0573. The molecule has 0 aromatic heterocycles. The lowest BCUT2D eigenvalue weighted by Crippen LogP contribution is -2.54. The molecule has 68 heavy (non-hydrogen) atoms. The summed E-state index contributed by atoms with van der Waals surface area (Å²) in [4.78, 5) is 13.6. The first-order valence-corrected chi connectivity index (χ1v) is 27.5. The highest BCUT2D eigenvalue weighted by atomic mass is 32.2. The Morgan fingerprint density at radius 1 is 0.412 bits per heavy atom. The van der Waals surface area contributed by atoms with Crippen LogP contribution in [-0.2, 0) is 15.7 Å². The van der Waals surface area contributed by atoms with E-state index < -0.39 is 22.3 Å². The van der Waals surface area contributed by atoms with Crippen LogP contribution < -0.4 is 47.7 Å². The van der Waals surface area contributed by atoms with Crippen molar-refractivity contribution in [3.8, 4) is 51.7 Å². The lowest BCUT2D eigenvalue weighted by molar-refractivity contribution is -0.327. The summed E-state index contributed by atoms with van der Waals surface area (Å²) in [5.41, 5.74) is -0.394. The van der Waals surface area contributed by atoms with Crippen LogP contribution in [-0.4, -0.2) is 65.4 Å². The van der Waals surface area contributed by atoms with Gasteiger partial charge in [0.05, 0.1) is 59.5 Å². The number of carbonyl (C=O) groups excluding carboxylic acids is 1. The number of ether oxygens (including phenoxy) is 9. The van der Waals surface area contributed by atoms with Gasteiger partial charge in [0.2, 0.25) is 0 Å². The summed E-state index contributed by atoms with van der Waals surface area (Å²) in [6.45, 7) is 23.6. The van der Waals surface area contributed by atoms with Crippen molar-refractivity contribution in [3.05, 3.63) is 36.4 Å². The fourth-order valence-electron chi connectivity index (χ4n) is 9.75. The van der Waals surface area contributed by atoms with Gasteiger partial charge in [-0.15, -0.1) is 0 Å². The average molecular weight is 965 g/mol. The van der Waals surface area contributed by atoms with Crippen LogP contribution >= 0.6 is 0 Å². The van der Waals surface area contributed by atoms with E-state index in [9.17, 15) is 9.90 Å². The molecular weight excluding hydrogens is 881 g/mol. The Morgan fingerprint density at radius 2 is 0.618 bits per heavy atom. The van der Waals surface area contributed by atoms with Crippen LogP contribution in [0.15, 0.2) is 51.1 Å². The van der Waals surface area contributed by atoms with E-state index in [1.807, 2.05) is 36.4 Å². The van der Waals surface area contributed by atoms with Gasteiger partial charge in [0.1, 0.15) is 28.1 Å². The summed E-state index contributed by atoms with van der Waals surface area (Å²) >= 11 is 0. The number of carbonyl (C=O) groups is 1. The van der Waals surface area contributed by atoms with Gasteiger partial charge < -0.3 is 52.5 Å². The van der Waals surface area contributed by atoms with Crippen LogP contribution in [0.2, 0.25) is 0 Å². The van der Waals surface area contributed by atoms with Gasteiger partial charge in [-0.05, 0) is 114 Å². The largest absolute Gasteiger partial charge is 0.550 e.